The fourth-order valence-corrected chi connectivity index (χ4v) is 4.68. The summed E-state index contributed by atoms with van der Waals surface area (Å²) in [7, 11) is 1.81. The molecule has 0 spiro atoms. The Morgan fingerprint density at radius 2 is 2.20 bits per heavy atom. The summed E-state index contributed by atoms with van der Waals surface area (Å²) in [6.07, 6.45) is 5.41. The predicted octanol–water partition coefficient (Wildman–Crippen LogP) is 3.05. The van der Waals surface area contributed by atoms with Crippen LogP contribution in [0.4, 0.5) is 0 Å². The minimum Gasteiger partial charge on any atom is -0.348 e. The van der Waals surface area contributed by atoms with Crippen molar-refractivity contribution in [3.8, 4) is 0 Å². The fourth-order valence-electron chi connectivity index (χ4n) is 4.17. The Morgan fingerprint density at radius 1 is 1.45 bits per heavy atom. The summed E-state index contributed by atoms with van der Waals surface area (Å²) in [6, 6.07) is 0.250. The van der Waals surface area contributed by atoms with Crippen molar-refractivity contribution < 1.29 is 4.79 Å². The zero-order valence-corrected chi connectivity index (χ0v) is 13.9. The maximum atomic E-state index is 12.5. The molecule has 1 N–H and O–H groups in total. The molecule has 0 saturated heterocycles. The zero-order chi connectivity index (χ0) is 14.4. The maximum Gasteiger partial charge on any atom is 0.270 e. The second kappa shape index (κ2) is 5.17. The lowest BCUT2D eigenvalue weighted by atomic mass is 9.84. The van der Waals surface area contributed by atoms with Gasteiger partial charge in [-0.15, -0.1) is 0 Å². The topological polar surface area (TPSA) is 46.9 Å². The Bertz CT molecular complexity index is 539. The van der Waals surface area contributed by atoms with Gasteiger partial charge in [0.25, 0.3) is 5.91 Å². The van der Waals surface area contributed by atoms with Crippen molar-refractivity contribution in [3.05, 3.63) is 15.9 Å². The highest BCUT2D eigenvalue weighted by Gasteiger charge is 2.42. The van der Waals surface area contributed by atoms with Crippen LogP contribution in [0.1, 0.15) is 48.8 Å². The van der Waals surface area contributed by atoms with Crippen LogP contribution in [-0.2, 0) is 7.05 Å². The van der Waals surface area contributed by atoms with Crippen molar-refractivity contribution in [2.24, 2.45) is 24.8 Å². The van der Waals surface area contributed by atoms with E-state index in [9.17, 15) is 4.79 Å². The van der Waals surface area contributed by atoms with E-state index in [0.717, 1.165) is 22.0 Å². The van der Waals surface area contributed by atoms with Crippen molar-refractivity contribution in [3.63, 3.8) is 0 Å². The Morgan fingerprint density at radius 3 is 2.70 bits per heavy atom. The first-order valence-electron chi connectivity index (χ1n) is 7.47. The molecule has 4 nitrogen and oxygen atoms in total. The Kier molecular flexibility index (Phi) is 3.65. The number of rotatable bonds is 3. The van der Waals surface area contributed by atoms with E-state index >= 15 is 0 Å². The molecule has 1 aromatic heterocycles. The molecule has 1 amide bonds. The lowest BCUT2D eigenvalue weighted by Gasteiger charge is -2.28. The minimum atomic E-state index is -0.0183. The molecule has 2 saturated carbocycles. The number of carbonyl (C=O) groups excluding carboxylic acids is 1. The molecular weight excluding hydrogens is 318 g/mol. The van der Waals surface area contributed by atoms with Crippen molar-refractivity contribution in [1.29, 1.82) is 0 Å². The average Bonchev–Trinajstić information content (AvgIpc) is 3.05. The highest BCUT2D eigenvalue weighted by Crippen LogP contribution is 2.49. The number of hydrogen-bond acceptors (Lipinski definition) is 2. The number of nitrogens with one attached hydrogen (secondary N) is 1. The van der Waals surface area contributed by atoms with Crippen LogP contribution in [0.25, 0.3) is 0 Å². The van der Waals surface area contributed by atoms with Crippen molar-refractivity contribution in [2.75, 3.05) is 0 Å². The van der Waals surface area contributed by atoms with Crippen molar-refractivity contribution in [1.82, 2.24) is 15.1 Å². The van der Waals surface area contributed by atoms with Gasteiger partial charge in [-0.25, -0.2) is 0 Å². The van der Waals surface area contributed by atoms with Gasteiger partial charge >= 0.3 is 0 Å². The number of aryl methyl sites for hydroxylation is 2. The molecule has 0 aliphatic heterocycles. The standard InChI is InChI=1S/C15H22BrN3O/c1-8(12-7-10-4-5-11(12)6-10)17-15(20)14-13(16)9(2)18-19(14)3/h8,10-12H,4-7H2,1-3H3,(H,17,20)/t8-,10+,11+,12+/m1/s1. The molecule has 2 bridgehead atoms. The lowest BCUT2D eigenvalue weighted by molar-refractivity contribution is 0.0905. The van der Waals surface area contributed by atoms with E-state index in [1.165, 1.54) is 25.7 Å². The van der Waals surface area contributed by atoms with E-state index in [1.54, 1.807) is 4.68 Å². The first-order valence-corrected chi connectivity index (χ1v) is 8.26. The van der Waals surface area contributed by atoms with Crippen LogP contribution in [-0.4, -0.2) is 21.7 Å². The molecule has 1 aromatic rings. The van der Waals surface area contributed by atoms with E-state index in [0.29, 0.717) is 11.6 Å². The molecule has 0 unspecified atom stereocenters. The van der Waals surface area contributed by atoms with Gasteiger partial charge in [-0.05, 0) is 66.8 Å². The predicted molar refractivity (Wildman–Crippen MR) is 81.5 cm³/mol. The van der Waals surface area contributed by atoms with E-state index in [1.807, 2.05) is 14.0 Å². The number of amides is 1. The Labute approximate surface area is 128 Å². The third-order valence-corrected chi connectivity index (χ3v) is 6.11. The number of halogens is 1. The molecule has 2 aliphatic carbocycles. The van der Waals surface area contributed by atoms with Crippen molar-refractivity contribution in [2.45, 2.75) is 45.6 Å². The Hall–Kier alpha value is -0.840. The van der Waals surface area contributed by atoms with Gasteiger partial charge in [0.15, 0.2) is 0 Å². The molecule has 20 heavy (non-hydrogen) atoms. The molecule has 3 rings (SSSR count). The summed E-state index contributed by atoms with van der Waals surface area (Å²) < 4.78 is 2.46. The smallest absolute Gasteiger partial charge is 0.270 e. The molecular formula is C15H22BrN3O. The summed E-state index contributed by atoms with van der Waals surface area (Å²) >= 11 is 3.46. The molecule has 4 atom stereocenters. The first kappa shape index (κ1) is 14.1. The minimum absolute atomic E-state index is 0.0183. The summed E-state index contributed by atoms with van der Waals surface area (Å²) in [6.45, 7) is 4.06. The van der Waals surface area contributed by atoms with Crippen LogP contribution in [0.3, 0.4) is 0 Å². The molecule has 1 heterocycles. The monoisotopic (exact) mass is 339 g/mol. The summed E-state index contributed by atoms with van der Waals surface area (Å²) in [5, 5.41) is 7.47. The van der Waals surface area contributed by atoms with Gasteiger partial charge < -0.3 is 5.32 Å². The van der Waals surface area contributed by atoms with E-state index < -0.39 is 0 Å². The maximum absolute atomic E-state index is 12.5. The SMILES string of the molecule is Cc1nn(C)c(C(=O)N[C@H](C)[C@@H]2C[C@H]3CC[C@H]2C3)c1Br. The van der Waals surface area contributed by atoms with Gasteiger partial charge in [0.2, 0.25) is 0 Å². The molecule has 2 aliphatic rings. The van der Waals surface area contributed by atoms with Crippen LogP contribution >= 0.6 is 15.9 Å². The number of aromatic nitrogens is 2. The highest BCUT2D eigenvalue weighted by atomic mass is 79.9. The number of nitrogens with zero attached hydrogens (tertiary/aromatic N) is 2. The average molecular weight is 340 g/mol. The van der Waals surface area contributed by atoms with Crippen LogP contribution < -0.4 is 5.32 Å². The number of fused-ring (bicyclic) bond motifs is 2. The van der Waals surface area contributed by atoms with E-state index in [-0.39, 0.29) is 11.9 Å². The van der Waals surface area contributed by atoms with Gasteiger partial charge in [-0.1, -0.05) is 6.42 Å². The van der Waals surface area contributed by atoms with Crippen LogP contribution in [0.15, 0.2) is 4.47 Å². The lowest BCUT2D eigenvalue weighted by Crippen LogP contribution is -2.40. The van der Waals surface area contributed by atoms with Gasteiger partial charge in [-0.3, -0.25) is 9.48 Å². The van der Waals surface area contributed by atoms with Gasteiger partial charge in [0, 0.05) is 13.1 Å². The summed E-state index contributed by atoms with van der Waals surface area (Å²) in [5.41, 5.74) is 1.47. The van der Waals surface area contributed by atoms with Gasteiger partial charge in [0.05, 0.1) is 10.2 Å². The summed E-state index contributed by atoms with van der Waals surface area (Å²) in [4.78, 5) is 12.5. The second-order valence-electron chi connectivity index (χ2n) is 6.47. The first-order chi connectivity index (χ1) is 9.47. The zero-order valence-electron chi connectivity index (χ0n) is 12.3. The quantitative estimate of drug-likeness (QED) is 0.919. The third-order valence-electron chi connectivity index (χ3n) is 5.16. The van der Waals surface area contributed by atoms with E-state index in [2.05, 4.69) is 33.3 Å². The van der Waals surface area contributed by atoms with Gasteiger partial charge in [-0.2, -0.15) is 5.10 Å². The van der Waals surface area contributed by atoms with Gasteiger partial charge in [0.1, 0.15) is 5.69 Å². The van der Waals surface area contributed by atoms with Crippen LogP contribution in [0.5, 0.6) is 0 Å². The third kappa shape index (κ3) is 2.30. The molecule has 0 aromatic carbocycles. The van der Waals surface area contributed by atoms with E-state index in [4.69, 9.17) is 0 Å². The summed E-state index contributed by atoms with van der Waals surface area (Å²) in [5.74, 6) is 2.38. The largest absolute Gasteiger partial charge is 0.348 e. The Balaban J connectivity index is 1.69. The molecule has 2 fully saturated rings. The number of carbonyl (C=O) groups is 1. The number of hydrogen-bond donors (Lipinski definition) is 1. The van der Waals surface area contributed by atoms with Crippen LogP contribution in [0, 0.1) is 24.7 Å². The van der Waals surface area contributed by atoms with Crippen LogP contribution in [0.2, 0.25) is 0 Å². The fraction of sp³-hybridized carbons (Fsp3) is 0.733. The molecule has 0 radical (unpaired) electrons. The highest BCUT2D eigenvalue weighted by molar-refractivity contribution is 9.10. The molecule has 110 valence electrons. The second-order valence-corrected chi connectivity index (χ2v) is 7.27. The molecule has 5 heteroatoms. The normalized spacial score (nSPS) is 29.7. The van der Waals surface area contributed by atoms with Crippen molar-refractivity contribution >= 4 is 21.8 Å².